The lowest BCUT2D eigenvalue weighted by Gasteiger charge is -2.18. The second-order valence-corrected chi connectivity index (χ2v) is 7.13. The van der Waals surface area contributed by atoms with Crippen LogP contribution in [0.1, 0.15) is 42.3 Å². The molecule has 0 saturated carbocycles. The fourth-order valence-corrected chi connectivity index (χ4v) is 2.49. The first kappa shape index (κ1) is 16.7. The average molecular weight is 407 g/mol. The maximum absolute atomic E-state index is 11.9. The van der Waals surface area contributed by atoms with Crippen LogP contribution in [0.25, 0.3) is 0 Å². The van der Waals surface area contributed by atoms with Gasteiger partial charge in [-0.05, 0) is 51.3 Å². The van der Waals surface area contributed by atoms with Gasteiger partial charge in [0.1, 0.15) is 0 Å². The zero-order valence-corrected chi connectivity index (χ0v) is 15.0. The molecule has 0 saturated heterocycles. The van der Waals surface area contributed by atoms with Crippen molar-refractivity contribution in [3.63, 3.8) is 0 Å². The first-order chi connectivity index (χ1) is 10.4. The summed E-state index contributed by atoms with van der Waals surface area (Å²) in [6.45, 7) is 6.50. The van der Waals surface area contributed by atoms with Gasteiger partial charge in [0.05, 0.1) is 11.8 Å². The molecule has 0 N–H and O–H groups in total. The molecule has 0 heterocycles. The average Bonchev–Trinajstić information content (AvgIpc) is 2.47. The quantitative estimate of drug-likeness (QED) is 0.318. The predicted octanol–water partition coefficient (Wildman–Crippen LogP) is 4.78. The zero-order chi connectivity index (χ0) is 16.2. The van der Waals surface area contributed by atoms with E-state index in [2.05, 4.69) is 60.7 Å². The van der Waals surface area contributed by atoms with Gasteiger partial charge in [-0.1, -0.05) is 62.3 Å². The van der Waals surface area contributed by atoms with E-state index in [4.69, 9.17) is 4.84 Å². The molecule has 0 aliphatic rings. The predicted molar refractivity (Wildman–Crippen MR) is 97.3 cm³/mol. The minimum atomic E-state index is -0.451. The molecule has 114 valence electrons. The molecular weight excluding hydrogens is 389 g/mol. The van der Waals surface area contributed by atoms with Gasteiger partial charge in [-0.15, -0.1) is 0 Å². The van der Waals surface area contributed by atoms with Gasteiger partial charge >= 0.3 is 5.97 Å². The van der Waals surface area contributed by atoms with Crippen molar-refractivity contribution in [3.8, 4) is 0 Å². The van der Waals surface area contributed by atoms with Crippen LogP contribution in [0, 0.1) is 3.57 Å². The fourth-order valence-electron chi connectivity index (χ4n) is 1.88. The monoisotopic (exact) mass is 407 g/mol. The minimum absolute atomic E-state index is 0.117. The Morgan fingerprint density at radius 2 is 1.73 bits per heavy atom. The van der Waals surface area contributed by atoms with Crippen molar-refractivity contribution in [1.29, 1.82) is 0 Å². The molecule has 0 amide bonds. The highest BCUT2D eigenvalue weighted by molar-refractivity contribution is 14.1. The van der Waals surface area contributed by atoms with Gasteiger partial charge < -0.3 is 4.84 Å². The zero-order valence-electron chi connectivity index (χ0n) is 12.8. The first-order valence-corrected chi connectivity index (χ1v) is 8.05. The van der Waals surface area contributed by atoms with E-state index in [1.165, 1.54) is 5.56 Å². The van der Waals surface area contributed by atoms with Crippen molar-refractivity contribution >= 4 is 34.8 Å². The van der Waals surface area contributed by atoms with Crippen LogP contribution in [0.5, 0.6) is 0 Å². The van der Waals surface area contributed by atoms with Crippen LogP contribution in [-0.4, -0.2) is 12.2 Å². The number of hydrogen-bond donors (Lipinski definition) is 0. The summed E-state index contributed by atoms with van der Waals surface area (Å²) in [5.74, 6) is -0.451. The molecule has 2 rings (SSSR count). The van der Waals surface area contributed by atoms with Crippen molar-refractivity contribution in [2.75, 3.05) is 0 Å². The summed E-state index contributed by atoms with van der Waals surface area (Å²) in [7, 11) is 0. The molecule has 0 fully saturated rings. The van der Waals surface area contributed by atoms with Crippen LogP contribution in [0.2, 0.25) is 0 Å². The highest BCUT2D eigenvalue weighted by Crippen LogP contribution is 2.21. The number of halogens is 1. The van der Waals surface area contributed by atoms with Crippen LogP contribution in [0.15, 0.2) is 53.7 Å². The van der Waals surface area contributed by atoms with Crippen molar-refractivity contribution in [1.82, 2.24) is 0 Å². The molecule has 2 aromatic carbocycles. The van der Waals surface area contributed by atoms with Crippen molar-refractivity contribution in [2.45, 2.75) is 26.2 Å². The topological polar surface area (TPSA) is 38.7 Å². The molecule has 3 nitrogen and oxygen atoms in total. The number of nitrogens with zero attached hydrogens (tertiary/aromatic N) is 1. The maximum Gasteiger partial charge on any atom is 0.366 e. The standard InChI is InChI=1S/C18H18INO2/c1-18(2,3)14-10-8-13(9-11-14)12-20-22-17(21)15-6-4-5-7-16(15)19/h4-12H,1-3H3/b20-12+. The summed E-state index contributed by atoms with van der Waals surface area (Å²) < 4.78 is 0.842. The highest BCUT2D eigenvalue weighted by Gasteiger charge is 2.13. The van der Waals surface area contributed by atoms with Crippen LogP contribution in [0.3, 0.4) is 0 Å². The number of hydrogen-bond acceptors (Lipinski definition) is 3. The van der Waals surface area contributed by atoms with Gasteiger partial charge in [-0.25, -0.2) is 4.79 Å². The molecular formula is C18H18INO2. The van der Waals surface area contributed by atoms with E-state index in [-0.39, 0.29) is 5.41 Å². The Bertz CT molecular complexity index is 685. The van der Waals surface area contributed by atoms with Crippen molar-refractivity contribution < 1.29 is 9.63 Å². The van der Waals surface area contributed by atoms with Crippen LogP contribution in [0.4, 0.5) is 0 Å². The maximum atomic E-state index is 11.9. The Hall–Kier alpha value is -1.69. The van der Waals surface area contributed by atoms with E-state index in [1.54, 1.807) is 18.3 Å². The number of carbonyl (C=O) groups is 1. The molecule has 22 heavy (non-hydrogen) atoms. The Morgan fingerprint density at radius 3 is 2.32 bits per heavy atom. The Labute approximate surface area is 144 Å². The lowest BCUT2D eigenvalue weighted by Crippen LogP contribution is -2.10. The van der Waals surface area contributed by atoms with Crippen LogP contribution < -0.4 is 0 Å². The largest absolute Gasteiger partial charge is 0.366 e. The molecule has 0 atom stereocenters. The van der Waals surface area contributed by atoms with Crippen molar-refractivity contribution in [3.05, 3.63) is 68.8 Å². The highest BCUT2D eigenvalue weighted by atomic mass is 127. The summed E-state index contributed by atoms with van der Waals surface area (Å²) in [6, 6.07) is 15.3. The number of rotatable bonds is 3. The third-order valence-electron chi connectivity index (χ3n) is 3.21. The van der Waals surface area contributed by atoms with Gasteiger partial charge in [-0.2, -0.15) is 0 Å². The molecule has 2 aromatic rings. The second-order valence-electron chi connectivity index (χ2n) is 5.97. The summed E-state index contributed by atoms with van der Waals surface area (Å²) in [5, 5.41) is 3.77. The van der Waals surface area contributed by atoms with E-state index in [0.717, 1.165) is 9.13 Å². The second kappa shape index (κ2) is 7.05. The smallest absolute Gasteiger partial charge is 0.313 e. The molecule has 0 aromatic heterocycles. The molecule has 0 unspecified atom stereocenters. The van der Waals surface area contributed by atoms with E-state index in [0.29, 0.717) is 5.56 Å². The van der Waals surface area contributed by atoms with Gasteiger partial charge in [0, 0.05) is 3.57 Å². The third-order valence-corrected chi connectivity index (χ3v) is 4.15. The van der Waals surface area contributed by atoms with E-state index < -0.39 is 5.97 Å². The van der Waals surface area contributed by atoms with Gasteiger partial charge in [0.2, 0.25) is 0 Å². The van der Waals surface area contributed by atoms with Crippen LogP contribution >= 0.6 is 22.6 Å². The number of oxime groups is 1. The molecule has 0 radical (unpaired) electrons. The Morgan fingerprint density at radius 1 is 1.09 bits per heavy atom. The Balaban J connectivity index is 2.01. The van der Waals surface area contributed by atoms with E-state index >= 15 is 0 Å². The fraction of sp³-hybridized carbons (Fsp3) is 0.222. The van der Waals surface area contributed by atoms with E-state index in [9.17, 15) is 4.79 Å². The lowest BCUT2D eigenvalue weighted by atomic mass is 9.87. The third kappa shape index (κ3) is 4.40. The molecule has 0 aliphatic heterocycles. The van der Waals surface area contributed by atoms with Crippen LogP contribution in [-0.2, 0) is 10.3 Å². The summed E-state index contributed by atoms with van der Waals surface area (Å²) >= 11 is 2.10. The Kier molecular flexibility index (Phi) is 5.34. The lowest BCUT2D eigenvalue weighted by molar-refractivity contribution is 0.0518. The van der Waals surface area contributed by atoms with E-state index in [1.807, 2.05) is 24.3 Å². The first-order valence-electron chi connectivity index (χ1n) is 6.98. The molecule has 0 spiro atoms. The number of carbonyl (C=O) groups excluding carboxylic acids is 1. The molecule has 4 heteroatoms. The summed E-state index contributed by atoms with van der Waals surface area (Å²) in [6.07, 6.45) is 1.54. The summed E-state index contributed by atoms with van der Waals surface area (Å²) in [4.78, 5) is 16.8. The number of benzene rings is 2. The normalized spacial score (nSPS) is 11.6. The SMILES string of the molecule is CC(C)(C)c1ccc(/C=N/OC(=O)c2ccccc2I)cc1. The summed E-state index contributed by atoms with van der Waals surface area (Å²) in [5.41, 5.74) is 2.78. The molecule has 0 aliphatic carbocycles. The minimum Gasteiger partial charge on any atom is -0.313 e. The van der Waals surface area contributed by atoms with Gasteiger partial charge in [-0.3, -0.25) is 0 Å². The van der Waals surface area contributed by atoms with Gasteiger partial charge in [0.25, 0.3) is 0 Å². The van der Waals surface area contributed by atoms with Crippen molar-refractivity contribution in [2.24, 2.45) is 5.16 Å². The van der Waals surface area contributed by atoms with Gasteiger partial charge in [0.15, 0.2) is 0 Å². The molecule has 0 bridgehead atoms.